The van der Waals surface area contributed by atoms with Gasteiger partial charge in [-0.05, 0) is 251 Å². The van der Waals surface area contributed by atoms with E-state index in [-0.39, 0.29) is 51.8 Å². The number of piperidine rings is 5. The monoisotopic (exact) mass is 1620 g/mol. The van der Waals surface area contributed by atoms with Crippen LogP contribution in [-0.2, 0) is 74.6 Å². The van der Waals surface area contributed by atoms with E-state index in [0.717, 1.165) is 76.3 Å². The van der Waals surface area contributed by atoms with Gasteiger partial charge in [-0.3, -0.25) is 9.59 Å². The third-order valence-electron chi connectivity index (χ3n) is 21.4. The first-order valence-electron chi connectivity index (χ1n) is 41.3. The zero-order valence-corrected chi connectivity index (χ0v) is 74.2. The second-order valence-electron chi connectivity index (χ2n) is 37.1. The Bertz CT molecular complexity index is 3870. The highest BCUT2D eigenvalue weighted by Gasteiger charge is 2.45. The smallest absolute Gasteiger partial charge is 0.444 e. The quantitative estimate of drug-likeness (QED) is 0.0425. The number of carbonyl (C=O) groups excluding carboxylic acids is 9. The second-order valence-corrected chi connectivity index (χ2v) is 37.1. The highest BCUT2D eigenvalue weighted by Crippen LogP contribution is 2.44. The molecule has 117 heavy (non-hydrogen) atoms. The minimum atomic E-state index is -1.06. The van der Waals surface area contributed by atoms with Crippen LogP contribution in [-0.4, -0.2) is 173 Å². The number of carbonyl (C=O) groups is 9. The van der Waals surface area contributed by atoms with Gasteiger partial charge in [-0.2, -0.15) is 0 Å². The number of ketones is 2. The molecule has 5 aromatic carbocycles. The number of rotatable bonds is 11. The first-order valence-corrected chi connectivity index (χ1v) is 41.3. The molecule has 4 amide bonds. The molecule has 0 radical (unpaired) electrons. The maximum Gasteiger partial charge on any atom is 0.519 e. The van der Waals surface area contributed by atoms with Crippen molar-refractivity contribution >= 4 is 54.5 Å². The SMILES string of the molecule is C=C(C)C1(c2ccccc2)CCN(C(=O)OC(C)(C)C)CC1.C=CC1(c2ccccc2)CCN(C(=O)OC(C)(C)C)CC1.CC(=O)C1(c2ccccc2)CCN(C(=O)OC(C)(C)C)CC1.CC(=O)C1(c2ccccc2)CCNCC1.CC(C)(C)OC(=O)N1CCC(CC=O)(c2ccccc2)CC1.CC(C)(C)OC(=O)OC(=O)OC(C)(C)C. The Kier molecular flexibility index (Phi) is 35.7. The van der Waals surface area contributed by atoms with E-state index < -0.39 is 51.3 Å². The average Bonchev–Trinajstić information content (AvgIpc) is 0.787. The third-order valence-corrected chi connectivity index (χ3v) is 21.4. The topological polar surface area (TPSA) is 243 Å². The van der Waals surface area contributed by atoms with E-state index >= 15 is 0 Å². The highest BCUT2D eigenvalue weighted by atomic mass is 16.8. The molecule has 0 bridgehead atoms. The highest BCUT2D eigenvalue weighted by molar-refractivity contribution is 5.89. The molecular formula is C96H137N5O16. The normalized spacial score (nSPS) is 17.4. The third kappa shape index (κ3) is 31.0. The number of amides is 4. The largest absolute Gasteiger partial charge is 0.519 e. The number of benzene rings is 5. The number of ether oxygens (including phenoxy) is 7. The van der Waals surface area contributed by atoms with Crippen molar-refractivity contribution in [3.63, 3.8) is 0 Å². The molecule has 0 aromatic heterocycles. The Hall–Kier alpha value is -9.63. The Morgan fingerprint density at radius 3 is 0.863 bits per heavy atom. The van der Waals surface area contributed by atoms with Crippen molar-refractivity contribution in [1.82, 2.24) is 24.9 Å². The predicted molar refractivity (Wildman–Crippen MR) is 461 cm³/mol. The molecule has 5 aliphatic heterocycles. The summed E-state index contributed by atoms with van der Waals surface area (Å²) >= 11 is 0. The summed E-state index contributed by atoms with van der Waals surface area (Å²) < 4.78 is 35.6. The van der Waals surface area contributed by atoms with Gasteiger partial charge >= 0.3 is 36.7 Å². The maximum absolute atomic E-state index is 12.3. The lowest BCUT2D eigenvalue weighted by Crippen LogP contribution is -2.49. The van der Waals surface area contributed by atoms with Gasteiger partial charge < -0.3 is 62.9 Å². The van der Waals surface area contributed by atoms with Crippen molar-refractivity contribution in [2.75, 3.05) is 65.4 Å². The summed E-state index contributed by atoms with van der Waals surface area (Å²) in [6.07, 6.45) is 8.70. The molecule has 642 valence electrons. The Labute approximate surface area is 698 Å². The average molecular weight is 1620 g/mol. The summed E-state index contributed by atoms with van der Waals surface area (Å²) in [6.45, 7) is 53.3. The first kappa shape index (κ1) is 97.9. The molecule has 5 fully saturated rings. The van der Waals surface area contributed by atoms with Crippen molar-refractivity contribution in [3.8, 4) is 0 Å². The van der Waals surface area contributed by atoms with Gasteiger partial charge in [0.05, 0.1) is 10.8 Å². The van der Waals surface area contributed by atoms with Crippen LogP contribution < -0.4 is 5.32 Å². The van der Waals surface area contributed by atoms with Gasteiger partial charge in [0, 0.05) is 75.0 Å². The van der Waals surface area contributed by atoms with E-state index in [2.05, 4.69) is 103 Å². The maximum atomic E-state index is 12.3. The van der Waals surface area contributed by atoms with Gasteiger partial charge in [-0.25, -0.2) is 28.8 Å². The van der Waals surface area contributed by atoms with Gasteiger partial charge in [0.2, 0.25) is 0 Å². The molecule has 0 unspecified atom stereocenters. The minimum absolute atomic E-state index is 0.0280. The molecule has 21 heteroatoms. The predicted octanol–water partition coefficient (Wildman–Crippen LogP) is 20.5. The second kappa shape index (κ2) is 42.7. The number of likely N-dealkylation sites (tertiary alicyclic amines) is 4. The van der Waals surface area contributed by atoms with Gasteiger partial charge in [0.25, 0.3) is 0 Å². The lowest BCUT2D eigenvalue weighted by atomic mass is 9.68. The van der Waals surface area contributed by atoms with E-state index in [1.165, 1.54) is 27.8 Å². The van der Waals surface area contributed by atoms with Gasteiger partial charge in [0.1, 0.15) is 51.5 Å². The lowest BCUT2D eigenvalue weighted by Gasteiger charge is -2.43. The van der Waals surface area contributed by atoms with Crippen LogP contribution in [0.4, 0.5) is 28.8 Å². The summed E-state index contributed by atoms with van der Waals surface area (Å²) in [5.41, 5.74) is 3.00. The summed E-state index contributed by atoms with van der Waals surface area (Å²) in [6, 6.07) is 51.1. The van der Waals surface area contributed by atoms with Crippen molar-refractivity contribution in [1.29, 1.82) is 0 Å². The Morgan fingerprint density at radius 1 is 0.350 bits per heavy atom. The molecule has 5 heterocycles. The van der Waals surface area contributed by atoms with Gasteiger partial charge in [-0.15, -0.1) is 6.58 Å². The Balaban J connectivity index is 0.000000252. The molecule has 21 nitrogen and oxygen atoms in total. The standard InChI is InChI=1S/C19H27NO2.2C18H25NO3.C18H25NO2.C13H17NO.C10H18O5/c1-15(2)19(16-9-7-6-8-10-16)11-13-20(14-12-19)17(21)22-18(3,4)5;1-14(20)18(15-8-6-5-7-9-15)10-12-19(13-11-18)16(21)22-17(2,3)4;1-17(2,3)22-16(21)19-12-9-18(10-13-19,11-14-20)15-7-5-4-6-8-15;1-5-18(15-9-7-6-8-10-15)11-13-19(14-12-18)16(20)21-17(2,3)4;1-11(15)13(7-9-14-10-8-13)12-5-3-2-4-6-12;1-9(2,3)14-7(11)13-8(12)15-10(4,5)6/h6-10H,1,11-14H2,2-5H3;5-9H,10-13H2,1-4H3;4-8,14H,9-13H2,1-3H3;5-10H,1,11-14H2,2-4H3;2-6,14H,7-10H2,1H3;1-6H3. The minimum Gasteiger partial charge on any atom is -0.444 e. The number of hydrogen-bond donors (Lipinski definition) is 1. The number of Topliss-reactive ketones (excluding diaryl/α,β-unsaturated/α-hetero) is 2. The van der Waals surface area contributed by atoms with Crippen LogP contribution >= 0.6 is 0 Å². The van der Waals surface area contributed by atoms with E-state index in [4.69, 9.17) is 28.4 Å². The van der Waals surface area contributed by atoms with E-state index in [1.54, 1.807) is 70.1 Å². The summed E-state index contributed by atoms with van der Waals surface area (Å²) in [5, 5.41) is 3.31. The fraction of sp³-hybridized carbons (Fsp3) is 0.552. The summed E-state index contributed by atoms with van der Waals surface area (Å²) in [7, 11) is 0. The molecule has 5 aromatic rings. The van der Waals surface area contributed by atoms with Crippen LogP contribution in [0.3, 0.4) is 0 Å². The summed E-state index contributed by atoms with van der Waals surface area (Å²) in [5.74, 6) is 0.470. The lowest BCUT2D eigenvalue weighted by molar-refractivity contribution is -0.124. The number of nitrogens with zero attached hydrogens (tertiary/aromatic N) is 4. The van der Waals surface area contributed by atoms with Crippen molar-refractivity contribution < 1.29 is 76.3 Å². The number of hydrogen-bond acceptors (Lipinski definition) is 17. The van der Waals surface area contributed by atoms with Crippen LogP contribution in [0.5, 0.6) is 0 Å². The zero-order valence-electron chi connectivity index (χ0n) is 74.2. The number of allylic oxidation sites excluding steroid dienone is 2. The first-order chi connectivity index (χ1) is 54.5. The van der Waals surface area contributed by atoms with Gasteiger partial charge in [-0.1, -0.05) is 170 Å². The summed E-state index contributed by atoms with van der Waals surface area (Å²) in [4.78, 5) is 113. The molecular weight excluding hydrogens is 1480 g/mol. The molecule has 5 aliphatic rings. The zero-order chi connectivity index (χ0) is 87.5. The molecule has 1 N–H and O–H groups in total. The van der Waals surface area contributed by atoms with Crippen LogP contribution in [0.25, 0.3) is 0 Å². The molecule has 5 saturated heterocycles. The Morgan fingerprint density at radius 2 is 0.598 bits per heavy atom. The molecule has 10 rings (SSSR count). The molecule has 0 aliphatic carbocycles. The molecule has 0 saturated carbocycles. The van der Waals surface area contributed by atoms with Crippen LogP contribution in [0.2, 0.25) is 0 Å². The molecule has 0 atom stereocenters. The van der Waals surface area contributed by atoms with Crippen molar-refractivity contribution in [2.24, 2.45) is 0 Å². The van der Waals surface area contributed by atoms with E-state index in [0.29, 0.717) is 77.4 Å². The van der Waals surface area contributed by atoms with Gasteiger partial charge in [0.15, 0.2) is 0 Å². The van der Waals surface area contributed by atoms with Crippen LogP contribution in [0.15, 0.2) is 176 Å². The van der Waals surface area contributed by atoms with Crippen molar-refractivity contribution in [2.45, 2.75) is 277 Å². The van der Waals surface area contributed by atoms with Crippen LogP contribution in [0, 0.1) is 0 Å². The number of aldehydes is 1. The van der Waals surface area contributed by atoms with Crippen LogP contribution in [0.1, 0.15) is 244 Å². The number of nitrogens with one attached hydrogen (secondary N) is 1. The van der Waals surface area contributed by atoms with Crippen molar-refractivity contribution in [3.05, 3.63) is 204 Å². The fourth-order valence-electron chi connectivity index (χ4n) is 15.0. The van der Waals surface area contributed by atoms with E-state index in [1.807, 2.05) is 173 Å². The fourth-order valence-corrected chi connectivity index (χ4v) is 15.0. The van der Waals surface area contributed by atoms with E-state index in [9.17, 15) is 43.2 Å². The molecule has 0 spiro atoms.